The number of ketones is 1. The van der Waals surface area contributed by atoms with Gasteiger partial charge in [-0.1, -0.05) is 35.9 Å². The van der Waals surface area contributed by atoms with Crippen LogP contribution in [0.1, 0.15) is 16.8 Å². The number of hydrogen-bond donors (Lipinski definition) is 1. The SMILES string of the molecule is O=C(CCN1CCNCC1)c1ccc(Cl)c2ccccc12. The molecule has 1 aliphatic heterocycles. The van der Waals surface area contributed by atoms with Crippen molar-refractivity contribution in [3.05, 3.63) is 47.0 Å². The van der Waals surface area contributed by atoms with Crippen LogP contribution in [0.2, 0.25) is 5.02 Å². The number of hydrogen-bond acceptors (Lipinski definition) is 3. The molecule has 3 nitrogen and oxygen atoms in total. The molecule has 0 amide bonds. The Morgan fingerprint density at radius 1 is 1.10 bits per heavy atom. The number of benzene rings is 2. The van der Waals surface area contributed by atoms with Crippen LogP contribution in [-0.2, 0) is 0 Å². The summed E-state index contributed by atoms with van der Waals surface area (Å²) >= 11 is 6.21. The molecule has 0 radical (unpaired) electrons. The first-order valence-electron chi connectivity index (χ1n) is 7.39. The zero-order valence-electron chi connectivity index (χ0n) is 11.9. The van der Waals surface area contributed by atoms with Gasteiger partial charge < -0.3 is 10.2 Å². The molecule has 0 spiro atoms. The second kappa shape index (κ2) is 6.56. The van der Waals surface area contributed by atoms with E-state index in [-0.39, 0.29) is 5.78 Å². The number of rotatable bonds is 4. The van der Waals surface area contributed by atoms with Crippen molar-refractivity contribution < 1.29 is 4.79 Å². The Bertz CT molecular complexity index is 650. The van der Waals surface area contributed by atoms with Gasteiger partial charge in [-0.05, 0) is 17.5 Å². The third-order valence-corrected chi connectivity index (χ3v) is 4.37. The fourth-order valence-corrected chi connectivity index (χ4v) is 3.06. The van der Waals surface area contributed by atoms with Crippen molar-refractivity contribution in [3.63, 3.8) is 0 Å². The zero-order chi connectivity index (χ0) is 14.7. The lowest BCUT2D eigenvalue weighted by atomic mass is 9.99. The van der Waals surface area contributed by atoms with E-state index in [4.69, 9.17) is 11.6 Å². The Balaban J connectivity index is 1.77. The molecule has 0 aromatic heterocycles. The molecule has 2 aromatic rings. The van der Waals surface area contributed by atoms with Gasteiger partial charge in [0.2, 0.25) is 0 Å². The van der Waals surface area contributed by atoms with Crippen molar-refractivity contribution in [2.75, 3.05) is 32.7 Å². The molecule has 110 valence electrons. The number of nitrogens with one attached hydrogen (secondary N) is 1. The summed E-state index contributed by atoms with van der Waals surface area (Å²) < 4.78 is 0. The van der Waals surface area contributed by atoms with Crippen LogP contribution in [0.15, 0.2) is 36.4 Å². The van der Waals surface area contributed by atoms with Crippen LogP contribution in [0.4, 0.5) is 0 Å². The average molecular weight is 303 g/mol. The van der Waals surface area contributed by atoms with E-state index < -0.39 is 0 Å². The van der Waals surface area contributed by atoms with E-state index in [0.29, 0.717) is 11.4 Å². The van der Waals surface area contributed by atoms with Crippen LogP contribution in [-0.4, -0.2) is 43.4 Å². The van der Waals surface area contributed by atoms with Gasteiger partial charge in [-0.3, -0.25) is 4.79 Å². The number of halogens is 1. The maximum absolute atomic E-state index is 12.5. The Kier molecular flexibility index (Phi) is 4.54. The number of carbonyl (C=O) groups is 1. The normalized spacial score (nSPS) is 16.2. The lowest BCUT2D eigenvalue weighted by Crippen LogP contribution is -2.44. The van der Waals surface area contributed by atoms with Gasteiger partial charge in [0.25, 0.3) is 0 Å². The summed E-state index contributed by atoms with van der Waals surface area (Å²) in [5.41, 5.74) is 0.783. The molecule has 0 saturated carbocycles. The third-order valence-electron chi connectivity index (χ3n) is 4.04. The van der Waals surface area contributed by atoms with E-state index >= 15 is 0 Å². The van der Waals surface area contributed by atoms with Crippen LogP contribution in [0, 0.1) is 0 Å². The second-order valence-corrected chi connectivity index (χ2v) is 5.81. The van der Waals surface area contributed by atoms with Crippen molar-refractivity contribution in [3.8, 4) is 0 Å². The van der Waals surface area contributed by atoms with Crippen molar-refractivity contribution >= 4 is 28.2 Å². The lowest BCUT2D eigenvalue weighted by molar-refractivity contribution is 0.0962. The highest BCUT2D eigenvalue weighted by molar-refractivity contribution is 6.36. The summed E-state index contributed by atoms with van der Waals surface area (Å²) in [6.45, 7) is 4.90. The van der Waals surface area contributed by atoms with E-state index in [2.05, 4.69) is 10.2 Å². The second-order valence-electron chi connectivity index (χ2n) is 5.41. The molecule has 0 bridgehead atoms. The molecule has 4 heteroatoms. The highest BCUT2D eigenvalue weighted by atomic mass is 35.5. The maximum Gasteiger partial charge on any atom is 0.164 e. The first-order chi connectivity index (χ1) is 10.3. The quantitative estimate of drug-likeness (QED) is 0.881. The molecule has 1 heterocycles. The summed E-state index contributed by atoms with van der Waals surface area (Å²) in [5.74, 6) is 0.196. The van der Waals surface area contributed by atoms with Gasteiger partial charge in [-0.25, -0.2) is 0 Å². The summed E-state index contributed by atoms with van der Waals surface area (Å²) in [7, 11) is 0. The molecule has 2 aromatic carbocycles. The highest BCUT2D eigenvalue weighted by Gasteiger charge is 2.15. The molecule has 1 saturated heterocycles. The van der Waals surface area contributed by atoms with Gasteiger partial charge in [-0.2, -0.15) is 0 Å². The zero-order valence-corrected chi connectivity index (χ0v) is 12.7. The van der Waals surface area contributed by atoms with E-state index in [1.807, 2.05) is 36.4 Å². The van der Waals surface area contributed by atoms with E-state index in [0.717, 1.165) is 49.1 Å². The van der Waals surface area contributed by atoms with Gasteiger partial charge >= 0.3 is 0 Å². The summed E-state index contributed by atoms with van der Waals surface area (Å²) in [6.07, 6.45) is 0.561. The van der Waals surface area contributed by atoms with E-state index in [1.165, 1.54) is 0 Å². The predicted octanol–water partition coefficient (Wildman–Crippen LogP) is 2.97. The maximum atomic E-state index is 12.5. The van der Waals surface area contributed by atoms with Crippen molar-refractivity contribution in [2.45, 2.75) is 6.42 Å². The Hall–Kier alpha value is -1.42. The molecular weight excluding hydrogens is 284 g/mol. The van der Waals surface area contributed by atoms with Crippen molar-refractivity contribution in [1.82, 2.24) is 10.2 Å². The molecule has 0 unspecified atom stereocenters. The molecule has 1 N–H and O–H groups in total. The fraction of sp³-hybridized carbons (Fsp3) is 0.353. The number of carbonyl (C=O) groups excluding carboxylic acids is 1. The summed E-state index contributed by atoms with van der Waals surface area (Å²) in [5, 5.41) is 5.93. The summed E-state index contributed by atoms with van der Waals surface area (Å²) in [4.78, 5) is 14.9. The van der Waals surface area contributed by atoms with Crippen LogP contribution < -0.4 is 5.32 Å². The standard InChI is InChI=1S/C17H19ClN2O/c18-16-6-5-15(13-3-1-2-4-14(13)16)17(21)7-10-20-11-8-19-9-12-20/h1-6,19H,7-12H2. The van der Waals surface area contributed by atoms with Crippen molar-refractivity contribution in [2.24, 2.45) is 0 Å². The van der Waals surface area contributed by atoms with Gasteiger partial charge in [0.15, 0.2) is 5.78 Å². The van der Waals surface area contributed by atoms with Crippen LogP contribution in [0.25, 0.3) is 10.8 Å². The largest absolute Gasteiger partial charge is 0.314 e. The first kappa shape index (κ1) is 14.5. The molecule has 3 rings (SSSR count). The fourth-order valence-electron chi connectivity index (χ4n) is 2.83. The number of Topliss-reactive ketones (excluding diaryl/α,β-unsaturated/α-hetero) is 1. The monoisotopic (exact) mass is 302 g/mol. The predicted molar refractivity (Wildman–Crippen MR) is 87.2 cm³/mol. The highest BCUT2D eigenvalue weighted by Crippen LogP contribution is 2.27. The molecule has 1 fully saturated rings. The lowest BCUT2D eigenvalue weighted by Gasteiger charge is -2.26. The van der Waals surface area contributed by atoms with Crippen LogP contribution >= 0.6 is 11.6 Å². The Labute approximate surface area is 129 Å². The smallest absolute Gasteiger partial charge is 0.164 e. The number of fused-ring (bicyclic) bond motifs is 1. The topological polar surface area (TPSA) is 32.3 Å². The van der Waals surface area contributed by atoms with Gasteiger partial charge in [-0.15, -0.1) is 0 Å². The molecular formula is C17H19ClN2O. The molecule has 1 aliphatic rings. The van der Waals surface area contributed by atoms with Gasteiger partial charge in [0, 0.05) is 55.1 Å². The number of piperazine rings is 1. The Morgan fingerprint density at radius 3 is 2.57 bits per heavy atom. The minimum Gasteiger partial charge on any atom is -0.314 e. The number of nitrogens with zero attached hydrogens (tertiary/aromatic N) is 1. The van der Waals surface area contributed by atoms with Crippen LogP contribution in [0.5, 0.6) is 0 Å². The minimum absolute atomic E-state index is 0.196. The van der Waals surface area contributed by atoms with Gasteiger partial charge in [0.05, 0.1) is 0 Å². The molecule has 0 atom stereocenters. The van der Waals surface area contributed by atoms with E-state index in [1.54, 1.807) is 0 Å². The molecule has 21 heavy (non-hydrogen) atoms. The summed E-state index contributed by atoms with van der Waals surface area (Å²) in [6, 6.07) is 11.5. The molecule has 0 aliphatic carbocycles. The first-order valence-corrected chi connectivity index (χ1v) is 7.77. The van der Waals surface area contributed by atoms with E-state index in [9.17, 15) is 4.79 Å². The van der Waals surface area contributed by atoms with Crippen molar-refractivity contribution in [1.29, 1.82) is 0 Å². The Morgan fingerprint density at radius 2 is 1.81 bits per heavy atom. The van der Waals surface area contributed by atoms with Crippen LogP contribution in [0.3, 0.4) is 0 Å². The minimum atomic E-state index is 0.196. The third kappa shape index (κ3) is 3.26. The average Bonchev–Trinajstić information content (AvgIpc) is 2.54. The van der Waals surface area contributed by atoms with Gasteiger partial charge in [0.1, 0.15) is 0 Å².